The van der Waals surface area contributed by atoms with Gasteiger partial charge in [0.15, 0.2) is 0 Å². The Labute approximate surface area is 181 Å². The van der Waals surface area contributed by atoms with Crippen LogP contribution in [-0.4, -0.2) is 62.1 Å². The topological polar surface area (TPSA) is 44.8 Å². The van der Waals surface area contributed by atoms with Crippen molar-refractivity contribution in [3.05, 3.63) is 70.2 Å². The number of hydrogen-bond donors (Lipinski definition) is 1. The summed E-state index contributed by atoms with van der Waals surface area (Å²) in [5.74, 6) is 0.806. The third-order valence-electron chi connectivity index (χ3n) is 5.01. The molecule has 0 aromatic heterocycles. The molecule has 1 heterocycles. The van der Waals surface area contributed by atoms with E-state index in [9.17, 15) is 4.79 Å². The number of rotatable bonds is 7. The molecule has 0 atom stereocenters. The number of ether oxygens (including phenoxy) is 1. The second-order valence-electron chi connectivity index (χ2n) is 6.90. The summed E-state index contributed by atoms with van der Waals surface area (Å²) in [6.45, 7) is 8.83. The molecule has 5 nitrogen and oxygen atoms in total. The van der Waals surface area contributed by atoms with Gasteiger partial charge in [0, 0.05) is 56.1 Å². The van der Waals surface area contributed by atoms with Crippen molar-refractivity contribution in [3.8, 4) is 5.75 Å². The van der Waals surface area contributed by atoms with Gasteiger partial charge in [-0.15, -0.1) is 0 Å². The molecule has 0 spiro atoms. The van der Waals surface area contributed by atoms with Crippen LogP contribution in [0.5, 0.6) is 5.75 Å². The minimum absolute atomic E-state index is 0.00672. The summed E-state index contributed by atoms with van der Waals surface area (Å²) in [4.78, 5) is 16.9. The van der Waals surface area contributed by atoms with Crippen LogP contribution in [0.4, 0.5) is 0 Å². The van der Waals surface area contributed by atoms with E-state index in [2.05, 4.69) is 16.8 Å². The lowest BCUT2D eigenvalue weighted by Crippen LogP contribution is -2.49. The number of benzene rings is 2. The number of nitrogens with zero attached hydrogens (tertiary/aromatic N) is 2. The number of carbonyl (C=O) groups excluding carboxylic acids is 1. The van der Waals surface area contributed by atoms with Gasteiger partial charge in [-0.1, -0.05) is 41.9 Å². The van der Waals surface area contributed by atoms with Crippen LogP contribution in [0.15, 0.2) is 49.0 Å². The zero-order valence-electron chi connectivity index (χ0n) is 16.5. The molecule has 0 saturated carbocycles. The van der Waals surface area contributed by atoms with E-state index in [1.54, 1.807) is 25.3 Å². The monoisotopic (exact) mass is 433 g/mol. The van der Waals surface area contributed by atoms with Gasteiger partial charge in [0.2, 0.25) is 0 Å². The van der Waals surface area contributed by atoms with Crippen LogP contribution in [0.3, 0.4) is 0 Å². The third-order valence-corrected chi connectivity index (χ3v) is 5.75. The van der Waals surface area contributed by atoms with E-state index in [0.717, 1.165) is 43.2 Å². The number of amides is 1. The minimum Gasteiger partial charge on any atom is -0.497 e. The van der Waals surface area contributed by atoms with E-state index in [-0.39, 0.29) is 5.91 Å². The van der Waals surface area contributed by atoms with E-state index < -0.39 is 0 Å². The number of halogens is 2. The fourth-order valence-corrected chi connectivity index (χ4v) is 3.56. The number of hydrogen-bond acceptors (Lipinski definition) is 4. The second kappa shape index (κ2) is 10.0. The Bertz CT molecular complexity index is 880. The van der Waals surface area contributed by atoms with Crippen molar-refractivity contribution in [2.75, 3.05) is 46.4 Å². The van der Waals surface area contributed by atoms with E-state index in [1.807, 2.05) is 29.2 Å². The average Bonchev–Trinajstić information content (AvgIpc) is 2.75. The summed E-state index contributed by atoms with van der Waals surface area (Å²) >= 11 is 12.0. The molecule has 2 aromatic rings. The Hall–Kier alpha value is -2.21. The smallest absolute Gasteiger partial charge is 0.253 e. The Balaban J connectivity index is 1.43. The molecule has 2 aromatic carbocycles. The maximum absolute atomic E-state index is 12.7. The summed E-state index contributed by atoms with van der Waals surface area (Å²) < 4.78 is 5.26. The SMILES string of the molecule is C=C(NCCN1CCN(C(=O)c2ccc(Cl)c(Cl)c2)CC1)c1cccc(OC)c1. The number of methoxy groups -OCH3 is 1. The van der Waals surface area contributed by atoms with Gasteiger partial charge in [-0.3, -0.25) is 9.69 Å². The molecular weight excluding hydrogens is 409 g/mol. The van der Waals surface area contributed by atoms with E-state index in [4.69, 9.17) is 27.9 Å². The molecule has 3 rings (SSSR count). The number of nitrogens with one attached hydrogen (secondary N) is 1. The minimum atomic E-state index is -0.00672. The summed E-state index contributed by atoms with van der Waals surface area (Å²) in [6.07, 6.45) is 0. The molecule has 7 heteroatoms. The molecular formula is C22H25Cl2N3O2. The predicted molar refractivity (Wildman–Crippen MR) is 119 cm³/mol. The Morgan fingerprint density at radius 2 is 1.83 bits per heavy atom. The van der Waals surface area contributed by atoms with Crippen molar-refractivity contribution in [1.82, 2.24) is 15.1 Å². The van der Waals surface area contributed by atoms with E-state index >= 15 is 0 Å². The fourth-order valence-electron chi connectivity index (χ4n) is 3.26. The lowest BCUT2D eigenvalue weighted by molar-refractivity contribution is 0.0639. The second-order valence-corrected chi connectivity index (χ2v) is 7.71. The van der Waals surface area contributed by atoms with Crippen molar-refractivity contribution in [3.63, 3.8) is 0 Å². The lowest BCUT2D eigenvalue weighted by atomic mass is 10.1. The average molecular weight is 434 g/mol. The van der Waals surface area contributed by atoms with E-state index in [1.165, 1.54) is 0 Å². The zero-order valence-corrected chi connectivity index (χ0v) is 18.0. The first-order valence-electron chi connectivity index (χ1n) is 9.52. The van der Waals surface area contributed by atoms with Crippen molar-refractivity contribution in [1.29, 1.82) is 0 Å². The lowest BCUT2D eigenvalue weighted by Gasteiger charge is -2.35. The highest BCUT2D eigenvalue weighted by Gasteiger charge is 2.22. The first-order valence-corrected chi connectivity index (χ1v) is 10.3. The molecule has 0 unspecified atom stereocenters. The first kappa shape index (κ1) is 21.5. The van der Waals surface area contributed by atoms with Gasteiger partial charge in [-0.05, 0) is 30.3 Å². The van der Waals surface area contributed by atoms with Crippen LogP contribution >= 0.6 is 23.2 Å². The molecule has 154 valence electrons. The van der Waals surface area contributed by atoms with Crippen LogP contribution in [0.2, 0.25) is 10.0 Å². The molecule has 1 amide bonds. The maximum atomic E-state index is 12.7. The van der Waals surface area contributed by atoms with Gasteiger partial charge in [-0.2, -0.15) is 0 Å². The molecule has 0 aliphatic carbocycles. The highest BCUT2D eigenvalue weighted by molar-refractivity contribution is 6.42. The van der Waals surface area contributed by atoms with Crippen molar-refractivity contribution in [2.24, 2.45) is 0 Å². The van der Waals surface area contributed by atoms with Crippen LogP contribution in [0.1, 0.15) is 15.9 Å². The van der Waals surface area contributed by atoms with Crippen molar-refractivity contribution in [2.45, 2.75) is 0 Å². The van der Waals surface area contributed by atoms with Gasteiger partial charge in [0.05, 0.1) is 17.2 Å². The van der Waals surface area contributed by atoms with Gasteiger partial charge in [0.1, 0.15) is 5.75 Å². The summed E-state index contributed by atoms with van der Waals surface area (Å²) in [6, 6.07) is 12.8. The highest BCUT2D eigenvalue weighted by atomic mass is 35.5. The molecule has 1 aliphatic heterocycles. The summed E-state index contributed by atoms with van der Waals surface area (Å²) in [5.41, 5.74) is 2.46. The fraction of sp³-hybridized carbons (Fsp3) is 0.318. The van der Waals surface area contributed by atoms with Crippen LogP contribution < -0.4 is 10.1 Å². The third kappa shape index (κ3) is 5.66. The number of carbonyl (C=O) groups is 1. The molecule has 1 saturated heterocycles. The van der Waals surface area contributed by atoms with Crippen LogP contribution in [-0.2, 0) is 0 Å². The highest BCUT2D eigenvalue weighted by Crippen LogP contribution is 2.23. The van der Waals surface area contributed by atoms with Gasteiger partial charge in [-0.25, -0.2) is 0 Å². The van der Waals surface area contributed by atoms with Crippen LogP contribution in [0.25, 0.3) is 5.70 Å². The standard InChI is InChI=1S/C22H25Cl2N3O2/c1-16(17-4-3-5-19(14-17)29-2)25-8-9-26-10-12-27(13-11-26)22(28)18-6-7-20(23)21(24)15-18/h3-7,14-15,25H,1,8-13H2,2H3. The number of piperazine rings is 1. The molecule has 1 N–H and O–H groups in total. The molecule has 0 bridgehead atoms. The maximum Gasteiger partial charge on any atom is 0.253 e. The Morgan fingerprint density at radius 1 is 1.07 bits per heavy atom. The van der Waals surface area contributed by atoms with Crippen molar-refractivity contribution >= 4 is 34.8 Å². The van der Waals surface area contributed by atoms with E-state index in [0.29, 0.717) is 28.7 Å². The summed E-state index contributed by atoms with van der Waals surface area (Å²) in [5, 5.41) is 4.23. The Morgan fingerprint density at radius 3 is 2.52 bits per heavy atom. The predicted octanol–water partition coefficient (Wildman–Crippen LogP) is 4.02. The van der Waals surface area contributed by atoms with Gasteiger partial charge in [0.25, 0.3) is 5.91 Å². The van der Waals surface area contributed by atoms with Crippen LogP contribution in [0, 0.1) is 0 Å². The molecule has 0 radical (unpaired) electrons. The zero-order chi connectivity index (χ0) is 20.8. The first-order chi connectivity index (χ1) is 14.0. The normalized spacial score (nSPS) is 14.5. The molecule has 29 heavy (non-hydrogen) atoms. The Kier molecular flexibility index (Phi) is 7.42. The largest absolute Gasteiger partial charge is 0.497 e. The van der Waals surface area contributed by atoms with Crippen molar-refractivity contribution < 1.29 is 9.53 Å². The van der Waals surface area contributed by atoms with Gasteiger partial charge < -0.3 is 15.0 Å². The van der Waals surface area contributed by atoms with Gasteiger partial charge >= 0.3 is 0 Å². The molecule has 1 fully saturated rings. The summed E-state index contributed by atoms with van der Waals surface area (Å²) in [7, 11) is 1.65. The molecule has 1 aliphatic rings. The quantitative estimate of drug-likeness (QED) is 0.715.